The Balaban J connectivity index is 1.59. The number of hydrogen-bond donors (Lipinski definition) is 2. The molecule has 4 heterocycles. The van der Waals surface area contributed by atoms with Crippen molar-refractivity contribution in [3.8, 4) is 17.2 Å². The molecule has 1 fully saturated rings. The van der Waals surface area contributed by atoms with E-state index in [1.165, 1.54) is 4.68 Å². The van der Waals surface area contributed by atoms with Gasteiger partial charge in [0.1, 0.15) is 5.82 Å². The van der Waals surface area contributed by atoms with Crippen molar-refractivity contribution in [2.75, 3.05) is 31.2 Å². The fraction of sp³-hybridized carbons (Fsp3) is 0.350. The Morgan fingerprint density at radius 2 is 1.96 bits per heavy atom. The van der Waals surface area contributed by atoms with Crippen molar-refractivity contribution >= 4 is 5.82 Å². The van der Waals surface area contributed by atoms with Crippen molar-refractivity contribution in [2.24, 2.45) is 0 Å². The van der Waals surface area contributed by atoms with Gasteiger partial charge in [0.25, 0.3) is 11.5 Å². The molecule has 2 aliphatic rings. The Morgan fingerprint density at radius 1 is 1.11 bits per heavy atom. The molecule has 0 amide bonds. The van der Waals surface area contributed by atoms with E-state index in [4.69, 9.17) is 9.72 Å². The summed E-state index contributed by atoms with van der Waals surface area (Å²) in [5, 5.41) is 6.52. The van der Waals surface area contributed by atoms with Crippen molar-refractivity contribution in [1.82, 2.24) is 25.1 Å². The van der Waals surface area contributed by atoms with Crippen LogP contribution in [-0.4, -0.2) is 46.1 Å². The van der Waals surface area contributed by atoms with Gasteiger partial charge in [0.05, 0.1) is 24.6 Å². The van der Waals surface area contributed by atoms with E-state index >= 15 is 0 Å². The van der Waals surface area contributed by atoms with Gasteiger partial charge in [-0.25, -0.2) is 4.98 Å². The highest BCUT2D eigenvalue weighted by Crippen LogP contribution is 2.26. The predicted octanol–water partition coefficient (Wildman–Crippen LogP) is 1.37. The minimum absolute atomic E-state index is 0.171. The van der Waals surface area contributed by atoms with Crippen LogP contribution in [0.1, 0.15) is 16.8 Å². The van der Waals surface area contributed by atoms with Gasteiger partial charge in [0.2, 0.25) is 0 Å². The molecule has 1 saturated heterocycles. The first kappa shape index (κ1) is 17.2. The topological polar surface area (TPSA) is 88.1 Å². The number of morpholine rings is 1. The molecule has 0 bridgehead atoms. The molecular formula is C20H22N6O2. The average molecular weight is 378 g/mol. The number of aromatic nitrogens is 4. The van der Waals surface area contributed by atoms with Gasteiger partial charge in [-0.2, -0.15) is 9.67 Å². The maximum atomic E-state index is 12.7. The number of ether oxygens (including phenoxy) is 1. The van der Waals surface area contributed by atoms with Gasteiger partial charge in [-0.1, -0.05) is 23.8 Å². The third-order valence-corrected chi connectivity index (χ3v) is 5.21. The summed E-state index contributed by atoms with van der Waals surface area (Å²) >= 11 is 0. The molecule has 8 heteroatoms. The molecule has 0 saturated carbocycles. The zero-order valence-electron chi connectivity index (χ0n) is 15.7. The highest BCUT2D eigenvalue weighted by Gasteiger charge is 2.25. The molecule has 2 N–H and O–H groups in total. The summed E-state index contributed by atoms with van der Waals surface area (Å²) in [6.07, 6.45) is 0. The Labute approximate surface area is 162 Å². The van der Waals surface area contributed by atoms with E-state index in [9.17, 15) is 4.79 Å². The number of aryl methyl sites for hydroxylation is 1. The van der Waals surface area contributed by atoms with Crippen LogP contribution in [0.5, 0.6) is 0 Å². The van der Waals surface area contributed by atoms with Crippen LogP contribution in [-0.2, 0) is 17.8 Å². The first-order valence-corrected chi connectivity index (χ1v) is 9.52. The molecule has 2 aromatic heterocycles. The zero-order chi connectivity index (χ0) is 19.1. The van der Waals surface area contributed by atoms with Gasteiger partial charge in [-0.05, 0) is 18.6 Å². The minimum Gasteiger partial charge on any atom is -0.378 e. The minimum atomic E-state index is -0.171. The monoisotopic (exact) mass is 378 g/mol. The molecule has 2 aliphatic heterocycles. The first-order valence-electron chi connectivity index (χ1n) is 9.52. The van der Waals surface area contributed by atoms with E-state index in [2.05, 4.69) is 20.3 Å². The summed E-state index contributed by atoms with van der Waals surface area (Å²) in [4.78, 5) is 24.3. The van der Waals surface area contributed by atoms with Gasteiger partial charge >= 0.3 is 0 Å². The Morgan fingerprint density at radius 3 is 2.79 bits per heavy atom. The van der Waals surface area contributed by atoms with Crippen LogP contribution in [0.25, 0.3) is 17.2 Å². The maximum absolute atomic E-state index is 12.7. The number of rotatable bonds is 3. The Hall–Kier alpha value is -2.97. The predicted molar refractivity (Wildman–Crippen MR) is 106 cm³/mol. The summed E-state index contributed by atoms with van der Waals surface area (Å²) in [6.45, 7) is 6.40. The third-order valence-electron chi connectivity index (χ3n) is 5.21. The van der Waals surface area contributed by atoms with E-state index in [0.29, 0.717) is 25.7 Å². The van der Waals surface area contributed by atoms with Crippen molar-refractivity contribution in [3.05, 3.63) is 57.5 Å². The molecule has 144 valence electrons. The molecule has 0 spiro atoms. The summed E-state index contributed by atoms with van der Waals surface area (Å²) in [6, 6.07) is 9.63. The largest absolute Gasteiger partial charge is 0.378 e. The number of nitrogens with zero attached hydrogens (tertiary/aromatic N) is 4. The molecule has 0 radical (unpaired) electrons. The number of anilines is 1. The van der Waals surface area contributed by atoms with Gasteiger partial charge in [0.15, 0.2) is 0 Å². The van der Waals surface area contributed by atoms with Crippen LogP contribution >= 0.6 is 0 Å². The smallest absolute Gasteiger partial charge is 0.274 e. The highest BCUT2D eigenvalue weighted by molar-refractivity contribution is 5.60. The Bertz CT molecular complexity index is 1080. The van der Waals surface area contributed by atoms with Gasteiger partial charge in [-0.15, -0.1) is 0 Å². The second-order valence-corrected chi connectivity index (χ2v) is 7.19. The summed E-state index contributed by atoms with van der Waals surface area (Å²) in [5.74, 6) is 1.28. The van der Waals surface area contributed by atoms with E-state index < -0.39 is 0 Å². The third kappa shape index (κ3) is 3.00. The number of benzene rings is 1. The first-order chi connectivity index (χ1) is 13.7. The number of nitrogens with one attached hydrogen (secondary N) is 2. The lowest BCUT2D eigenvalue weighted by Crippen LogP contribution is -2.38. The molecule has 8 nitrogen and oxygen atoms in total. The lowest BCUT2D eigenvalue weighted by atomic mass is 10.1. The summed E-state index contributed by atoms with van der Waals surface area (Å²) < 4.78 is 6.91. The normalized spacial score (nSPS) is 16.4. The molecule has 0 unspecified atom stereocenters. The standard InChI is InChI=1S/C20H22N6O2/c1-13-3-2-4-14(9-13)16-10-18(27)26(24-16)20-22-17-12-21-11-15(17)19(23-20)25-5-7-28-8-6-25/h2-4,9-10,21,24H,5-8,11-12H2,1H3. The van der Waals surface area contributed by atoms with Crippen LogP contribution in [0.4, 0.5) is 5.82 Å². The van der Waals surface area contributed by atoms with Crippen LogP contribution in [0.15, 0.2) is 35.1 Å². The Kier molecular flexibility index (Phi) is 4.22. The molecule has 1 aromatic carbocycles. The van der Waals surface area contributed by atoms with Gasteiger partial charge in [-0.3, -0.25) is 9.89 Å². The molecular weight excluding hydrogens is 356 g/mol. The highest BCUT2D eigenvalue weighted by atomic mass is 16.5. The lowest BCUT2D eigenvalue weighted by Gasteiger charge is -2.29. The van der Waals surface area contributed by atoms with E-state index in [0.717, 1.165) is 53.5 Å². The molecule has 5 rings (SSSR count). The maximum Gasteiger partial charge on any atom is 0.274 e. The number of fused-ring (bicyclic) bond motifs is 1. The molecule has 0 aliphatic carbocycles. The van der Waals surface area contributed by atoms with Crippen molar-refractivity contribution in [3.63, 3.8) is 0 Å². The quantitative estimate of drug-likeness (QED) is 0.716. The van der Waals surface area contributed by atoms with E-state index in [1.54, 1.807) is 6.07 Å². The van der Waals surface area contributed by atoms with Crippen LogP contribution in [0.2, 0.25) is 0 Å². The summed E-state index contributed by atoms with van der Waals surface area (Å²) in [7, 11) is 0. The fourth-order valence-corrected chi connectivity index (χ4v) is 3.78. The van der Waals surface area contributed by atoms with E-state index in [-0.39, 0.29) is 5.56 Å². The number of hydrogen-bond acceptors (Lipinski definition) is 6. The van der Waals surface area contributed by atoms with Crippen molar-refractivity contribution < 1.29 is 4.74 Å². The molecule has 3 aromatic rings. The molecule has 0 atom stereocenters. The van der Waals surface area contributed by atoms with Crippen LogP contribution < -0.4 is 15.8 Å². The SMILES string of the molecule is Cc1cccc(-c2cc(=O)n(-c3nc4c(c(N5CCOCC5)n3)CNC4)[nH]2)c1. The number of H-pyrrole nitrogens is 1. The van der Waals surface area contributed by atoms with Crippen molar-refractivity contribution in [2.45, 2.75) is 20.0 Å². The second kappa shape index (κ2) is 6.88. The van der Waals surface area contributed by atoms with Crippen molar-refractivity contribution in [1.29, 1.82) is 0 Å². The van der Waals surface area contributed by atoms with E-state index in [1.807, 2.05) is 31.2 Å². The van der Waals surface area contributed by atoms with Gasteiger partial charge < -0.3 is 15.0 Å². The van der Waals surface area contributed by atoms with Gasteiger partial charge in [0, 0.05) is 37.8 Å². The zero-order valence-corrected chi connectivity index (χ0v) is 15.7. The van der Waals surface area contributed by atoms with Crippen LogP contribution in [0.3, 0.4) is 0 Å². The number of aromatic amines is 1. The second-order valence-electron chi connectivity index (χ2n) is 7.19. The average Bonchev–Trinajstić information content (AvgIpc) is 3.34. The summed E-state index contributed by atoms with van der Waals surface area (Å²) in [5.41, 5.74) is 4.75. The fourth-order valence-electron chi connectivity index (χ4n) is 3.78. The van der Waals surface area contributed by atoms with Crippen LogP contribution in [0, 0.1) is 6.92 Å². The lowest BCUT2D eigenvalue weighted by molar-refractivity contribution is 0.122. The molecule has 28 heavy (non-hydrogen) atoms.